The maximum atomic E-state index is 13.7. The van der Waals surface area contributed by atoms with Crippen LogP contribution < -0.4 is 20.0 Å². The predicted octanol–water partition coefficient (Wildman–Crippen LogP) is 0.573. The first-order chi connectivity index (χ1) is 16.9. The average Bonchev–Trinajstić information content (AvgIpc) is 2.99. The third kappa shape index (κ3) is 6.39. The number of nitrogens with one attached hydrogen (secondary N) is 3. The summed E-state index contributed by atoms with van der Waals surface area (Å²) in [5.41, 5.74) is 4.60. The number of carbonyl (C=O) groups is 2. The van der Waals surface area contributed by atoms with Crippen molar-refractivity contribution in [2.75, 3.05) is 56.1 Å². The monoisotopic (exact) mass is 482 g/mol. The van der Waals surface area contributed by atoms with Gasteiger partial charge in [-0.25, -0.2) is 4.79 Å². The fourth-order valence-corrected chi connectivity index (χ4v) is 5.04. The predicted molar refractivity (Wildman–Crippen MR) is 136 cm³/mol. The van der Waals surface area contributed by atoms with Crippen LogP contribution in [-0.2, 0) is 22.4 Å². The summed E-state index contributed by atoms with van der Waals surface area (Å²) in [5, 5.41) is 12.0. The molecule has 4 N–H and O–H groups in total. The van der Waals surface area contributed by atoms with E-state index in [0.29, 0.717) is 12.1 Å². The van der Waals surface area contributed by atoms with Gasteiger partial charge in [0.25, 0.3) is 0 Å². The number of anilines is 3. The molecule has 2 aromatic rings. The van der Waals surface area contributed by atoms with Crippen molar-refractivity contribution in [3.8, 4) is 0 Å². The number of ether oxygens (including phenoxy) is 1. The van der Waals surface area contributed by atoms with Crippen LogP contribution in [0.5, 0.6) is 0 Å². The number of nitrogens with zero attached hydrogens (tertiary/aromatic N) is 1. The number of hydrogen-bond donors (Lipinski definition) is 4. The molecule has 0 aromatic heterocycles. The first-order valence-electron chi connectivity index (χ1n) is 12.7. The first-order valence-corrected chi connectivity index (χ1v) is 12.7. The van der Waals surface area contributed by atoms with Crippen molar-refractivity contribution in [2.45, 2.75) is 39.2 Å². The molecule has 0 bridgehead atoms. The molecule has 1 fully saturated rings. The van der Waals surface area contributed by atoms with Crippen LogP contribution in [-0.4, -0.2) is 69.1 Å². The number of rotatable bonds is 7. The average molecular weight is 483 g/mol. The van der Waals surface area contributed by atoms with Crippen LogP contribution in [0.3, 0.4) is 0 Å². The topological polar surface area (TPSA) is 87.8 Å². The molecule has 8 heteroatoms. The largest absolute Gasteiger partial charge is 0.447 e. The van der Waals surface area contributed by atoms with Crippen molar-refractivity contribution in [1.82, 2.24) is 0 Å². The van der Waals surface area contributed by atoms with Crippen LogP contribution >= 0.6 is 0 Å². The Morgan fingerprint density at radius 2 is 1.63 bits per heavy atom. The van der Waals surface area contributed by atoms with Crippen molar-refractivity contribution in [2.24, 2.45) is 0 Å². The van der Waals surface area contributed by atoms with Crippen LogP contribution in [0.2, 0.25) is 0 Å². The summed E-state index contributed by atoms with van der Waals surface area (Å²) in [6.45, 7) is 9.52. The second-order valence-electron chi connectivity index (χ2n) is 9.75. The zero-order valence-corrected chi connectivity index (χ0v) is 20.8. The lowest BCUT2D eigenvalue weighted by molar-refractivity contribution is -1.01. The smallest absolute Gasteiger partial charge is 0.411 e. The number of para-hydroxylation sites is 1. The maximum absolute atomic E-state index is 13.7. The Bertz CT molecular complexity index is 1030. The second-order valence-corrected chi connectivity index (χ2v) is 9.75. The molecule has 2 amide bonds. The Morgan fingerprint density at radius 1 is 0.971 bits per heavy atom. The Hall–Kier alpha value is -2.94. The van der Waals surface area contributed by atoms with Crippen molar-refractivity contribution in [1.29, 1.82) is 0 Å². The lowest BCUT2D eigenvalue weighted by atomic mass is 10.0. The highest BCUT2D eigenvalue weighted by molar-refractivity contribution is 6.03. The zero-order valence-electron chi connectivity index (χ0n) is 20.8. The molecular weight excluding hydrogens is 444 g/mol. The van der Waals surface area contributed by atoms with E-state index in [2.05, 4.69) is 11.4 Å². The molecule has 0 saturated carbocycles. The summed E-state index contributed by atoms with van der Waals surface area (Å²) in [5.74, 6) is 0.0696. The third-order valence-corrected chi connectivity index (χ3v) is 6.88. The van der Waals surface area contributed by atoms with Gasteiger partial charge in [0.2, 0.25) is 5.91 Å². The summed E-state index contributed by atoms with van der Waals surface area (Å²) in [6.07, 6.45) is 1.42. The first kappa shape index (κ1) is 25.2. The highest BCUT2D eigenvalue weighted by atomic mass is 16.6. The van der Waals surface area contributed by atoms with Gasteiger partial charge in [-0.1, -0.05) is 24.3 Å². The molecule has 2 aliphatic heterocycles. The molecule has 35 heavy (non-hydrogen) atoms. The van der Waals surface area contributed by atoms with Gasteiger partial charge in [0.1, 0.15) is 32.7 Å². The summed E-state index contributed by atoms with van der Waals surface area (Å²) in [6, 6.07) is 13.9. The van der Waals surface area contributed by atoms with Crippen LogP contribution in [0.15, 0.2) is 42.5 Å². The minimum atomic E-state index is -0.502. The normalized spacial score (nSPS) is 19.5. The highest BCUT2D eigenvalue weighted by Crippen LogP contribution is 2.38. The van der Waals surface area contributed by atoms with Gasteiger partial charge in [0.15, 0.2) is 0 Å². The van der Waals surface area contributed by atoms with E-state index < -0.39 is 6.09 Å². The van der Waals surface area contributed by atoms with Crippen LogP contribution in [0, 0.1) is 0 Å². The number of aliphatic hydroxyl groups is 1. The molecule has 4 rings (SSSR count). The quantitative estimate of drug-likeness (QED) is 0.465. The number of carbonyl (C=O) groups excluding carboxylic acids is 2. The molecule has 2 aliphatic rings. The van der Waals surface area contributed by atoms with Gasteiger partial charge >= 0.3 is 6.09 Å². The molecule has 0 spiro atoms. The third-order valence-electron chi connectivity index (χ3n) is 6.88. The minimum Gasteiger partial charge on any atom is -0.447 e. The van der Waals surface area contributed by atoms with Crippen molar-refractivity contribution < 1.29 is 29.2 Å². The molecule has 0 atom stereocenters. The SMILES string of the molecule is CC(C)OC(=O)Nc1ccc2c(c1)N(C(=O)CC[NH+]1CC[NH+](CCO)CC1)c1ccccc1CC2. The lowest BCUT2D eigenvalue weighted by Gasteiger charge is -2.30. The van der Waals surface area contributed by atoms with E-state index in [1.54, 1.807) is 0 Å². The lowest BCUT2D eigenvalue weighted by Crippen LogP contribution is -3.28. The number of aryl methyl sites for hydroxylation is 2. The van der Waals surface area contributed by atoms with Gasteiger partial charge in [-0.15, -0.1) is 0 Å². The van der Waals surface area contributed by atoms with E-state index in [1.807, 2.05) is 55.1 Å². The van der Waals surface area contributed by atoms with E-state index in [-0.39, 0.29) is 18.6 Å². The van der Waals surface area contributed by atoms with Crippen molar-refractivity contribution in [3.63, 3.8) is 0 Å². The number of hydrogen-bond acceptors (Lipinski definition) is 4. The Labute approximate surface area is 207 Å². The van der Waals surface area contributed by atoms with Gasteiger partial charge in [-0.3, -0.25) is 15.0 Å². The maximum Gasteiger partial charge on any atom is 0.411 e. The second kappa shape index (κ2) is 11.7. The molecule has 0 aliphatic carbocycles. The number of aliphatic hydroxyl groups excluding tert-OH is 1. The van der Waals surface area contributed by atoms with E-state index in [0.717, 1.165) is 74.6 Å². The van der Waals surface area contributed by atoms with Gasteiger partial charge in [0.05, 0.1) is 37.1 Å². The Morgan fingerprint density at radius 3 is 2.31 bits per heavy atom. The number of benzene rings is 2. The summed E-state index contributed by atoms with van der Waals surface area (Å²) in [4.78, 5) is 30.6. The molecule has 0 radical (unpaired) electrons. The molecular formula is C27H38N4O4+2. The van der Waals surface area contributed by atoms with E-state index in [4.69, 9.17) is 4.74 Å². The summed E-state index contributed by atoms with van der Waals surface area (Å²) < 4.78 is 5.23. The fourth-order valence-electron chi connectivity index (χ4n) is 5.04. The molecule has 188 valence electrons. The van der Waals surface area contributed by atoms with Gasteiger partial charge in [-0.2, -0.15) is 0 Å². The van der Waals surface area contributed by atoms with Gasteiger partial charge in [0, 0.05) is 5.69 Å². The van der Waals surface area contributed by atoms with Crippen molar-refractivity contribution in [3.05, 3.63) is 53.6 Å². The Kier molecular flexibility index (Phi) is 8.38. The highest BCUT2D eigenvalue weighted by Gasteiger charge is 2.28. The van der Waals surface area contributed by atoms with E-state index >= 15 is 0 Å². The molecule has 1 saturated heterocycles. The molecule has 0 unspecified atom stereocenters. The van der Waals surface area contributed by atoms with E-state index in [9.17, 15) is 14.7 Å². The minimum absolute atomic E-state index is 0.0696. The van der Waals surface area contributed by atoms with Gasteiger partial charge < -0.3 is 19.6 Å². The zero-order chi connectivity index (χ0) is 24.8. The number of piperazine rings is 1. The number of quaternary nitrogens is 2. The van der Waals surface area contributed by atoms with Crippen molar-refractivity contribution >= 4 is 29.1 Å². The van der Waals surface area contributed by atoms with Gasteiger partial charge in [-0.05, 0) is 56.0 Å². The summed E-state index contributed by atoms with van der Waals surface area (Å²) >= 11 is 0. The molecule has 2 aromatic carbocycles. The van der Waals surface area contributed by atoms with Crippen LogP contribution in [0.25, 0.3) is 0 Å². The Balaban J connectivity index is 1.54. The fraction of sp³-hybridized carbons (Fsp3) is 0.481. The van der Waals surface area contributed by atoms with Crippen LogP contribution in [0.4, 0.5) is 21.9 Å². The summed E-state index contributed by atoms with van der Waals surface area (Å²) in [7, 11) is 0. The number of fused-ring (bicyclic) bond motifs is 2. The standard InChI is InChI=1S/C27H36N4O4/c1-20(2)35-27(34)28-23-10-9-22-8-7-21-5-3-4-6-24(21)31(25(22)19-23)26(33)11-12-29-13-15-30(16-14-29)17-18-32/h3-6,9-10,19-20,32H,7-8,11-18H2,1-2H3,(H,28,34)/p+2. The molecule has 2 heterocycles. The number of amides is 2. The van der Waals surface area contributed by atoms with E-state index in [1.165, 1.54) is 9.80 Å². The molecule has 8 nitrogen and oxygen atoms in total. The van der Waals surface area contributed by atoms with Crippen LogP contribution in [0.1, 0.15) is 31.4 Å².